The number of sulfone groups is 1. The number of benzene rings is 1. The van der Waals surface area contributed by atoms with Crippen molar-refractivity contribution in [1.29, 1.82) is 0 Å². The molecule has 0 saturated heterocycles. The molecule has 0 atom stereocenters. The van der Waals surface area contributed by atoms with Crippen molar-refractivity contribution in [2.45, 2.75) is 6.54 Å². The maximum absolute atomic E-state index is 11.0. The maximum atomic E-state index is 11.0. The Bertz CT molecular complexity index is 488. The molecule has 0 heterocycles. The van der Waals surface area contributed by atoms with E-state index in [1.54, 1.807) is 18.2 Å². The zero-order valence-corrected chi connectivity index (χ0v) is 12.1. The number of rotatable bonds is 5. The summed E-state index contributed by atoms with van der Waals surface area (Å²) in [6, 6.07) is 5.26. The molecule has 1 rings (SSSR count). The van der Waals surface area contributed by atoms with E-state index in [1.807, 2.05) is 11.9 Å². The Morgan fingerprint density at radius 3 is 2.53 bits per heavy atom. The second kappa shape index (κ2) is 6.05. The van der Waals surface area contributed by atoms with Gasteiger partial charge >= 0.3 is 0 Å². The van der Waals surface area contributed by atoms with Gasteiger partial charge in [0.05, 0.1) is 5.75 Å². The normalized spacial score (nSPS) is 12.1. The van der Waals surface area contributed by atoms with Gasteiger partial charge in [-0.15, -0.1) is 0 Å². The Morgan fingerprint density at radius 2 is 1.94 bits per heavy atom. The fourth-order valence-corrected chi connectivity index (χ4v) is 2.37. The fourth-order valence-electron chi connectivity index (χ4n) is 1.36. The van der Waals surface area contributed by atoms with Crippen LogP contribution in [0.3, 0.4) is 0 Å². The van der Waals surface area contributed by atoms with Crippen LogP contribution in [0.2, 0.25) is 10.0 Å². The first-order valence-corrected chi connectivity index (χ1v) is 7.90. The molecule has 0 spiro atoms. The van der Waals surface area contributed by atoms with Crippen molar-refractivity contribution in [3.63, 3.8) is 0 Å². The highest BCUT2D eigenvalue weighted by atomic mass is 35.5. The standard InChI is InChI=1S/C11H15Cl2NO2S/c1-14(5-6-17(2,15)16)8-9-7-10(12)3-4-11(9)13/h3-4,7H,5-6,8H2,1-2H3. The predicted octanol–water partition coefficient (Wildman–Crippen LogP) is 2.47. The maximum Gasteiger partial charge on any atom is 0.148 e. The Balaban J connectivity index is 2.62. The second-order valence-corrected chi connectivity index (χ2v) is 7.21. The Hall–Kier alpha value is -0.290. The molecule has 3 nitrogen and oxygen atoms in total. The molecule has 0 N–H and O–H groups in total. The lowest BCUT2D eigenvalue weighted by molar-refractivity contribution is 0.346. The van der Waals surface area contributed by atoms with E-state index in [0.717, 1.165) is 5.56 Å². The highest BCUT2D eigenvalue weighted by molar-refractivity contribution is 7.90. The third-order valence-corrected chi connectivity index (χ3v) is 3.82. The van der Waals surface area contributed by atoms with Gasteiger partial charge in [-0.2, -0.15) is 0 Å². The van der Waals surface area contributed by atoms with Gasteiger partial charge in [-0.3, -0.25) is 0 Å². The molecular formula is C11H15Cl2NO2S. The number of nitrogens with zero attached hydrogens (tertiary/aromatic N) is 1. The van der Waals surface area contributed by atoms with Gasteiger partial charge in [-0.25, -0.2) is 8.42 Å². The van der Waals surface area contributed by atoms with Crippen LogP contribution in [-0.2, 0) is 16.4 Å². The van der Waals surface area contributed by atoms with E-state index in [9.17, 15) is 8.42 Å². The quantitative estimate of drug-likeness (QED) is 0.837. The monoisotopic (exact) mass is 295 g/mol. The summed E-state index contributed by atoms with van der Waals surface area (Å²) >= 11 is 11.9. The van der Waals surface area contributed by atoms with Gasteiger partial charge in [0.15, 0.2) is 0 Å². The van der Waals surface area contributed by atoms with Crippen LogP contribution >= 0.6 is 23.2 Å². The SMILES string of the molecule is CN(CCS(C)(=O)=O)Cc1cc(Cl)ccc1Cl. The summed E-state index contributed by atoms with van der Waals surface area (Å²) < 4.78 is 22.1. The van der Waals surface area contributed by atoms with Crippen molar-refractivity contribution in [3.8, 4) is 0 Å². The van der Waals surface area contributed by atoms with Gasteiger partial charge in [0, 0.05) is 29.4 Å². The van der Waals surface area contributed by atoms with Crippen molar-refractivity contribution in [2.24, 2.45) is 0 Å². The van der Waals surface area contributed by atoms with Crippen LogP contribution in [0, 0.1) is 0 Å². The van der Waals surface area contributed by atoms with E-state index in [-0.39, 0.29) is 5.75 Å². The summed E-state index contributed by atoms with van der Waals surface area (Å²) in [4.78, 5) is 1.90. The minimum absolute atomic E-state index is 0.141. The molecule has 0 saturated carbocycles. The predicted molar refractivity (Wildman–Crippen MR) is 72.5 cm³/mol. The first kappa shape index (κ1) is 14.8. The zero-order valence-electron chi connectivity index (χ0n) is 9.78. The van der Waals surface area contributed by atoms with E-state index in [1.165, 1.54) is 6.26 Å². The topological polar surface area (TPSA) is 37.4 Å². The lowest BCUT2D eigenvalue weighted by Gasteiger charge is -2.17. The van der Waals surface area contributed by atoms with E-state index in [0.29, 0.717) is 23.1 Å². The summed E-state index contributed by atoms with van der Waals surface area (Å²) in [5, 5.41) is 1.27. The lowest BCUT2D eigenvalue weighted by Crippen LogP contribution is -2.25. The third-order valence-electron chi connectivity index (χ3n) is 2.29. The number of hydrogen-bond donors (Lipinski definition) is 0. The second-order valence-electron chi connectivity index (χ2n) is 4.10. The van der Waals surface area contributed by atoms with Crippen LogP contribution < -0.4 is 0 Å². The Kier molecular flexibility index (Phi) is 5.25. The van der Waals surface area contributed by atoms with Crippen LogP contribution in [0.25, 0.3) is 0 Å². The van der Waals surface area contributed by atoms with Crippen molar-refractivity contribution >= 4 is 33.0 Å². The van der Waals surface area contributed by atoms with Gasteiger partial charge < -0.3 is 4.90 Å². The van der Waals surface area contributed by atoms with Crippen molar-refractivity contribution < 1.29 is 8.42 Å². The highest BCUT2D eigenvalue weighted by Gasteiger charge is 2.08. The van der Waals surface area contributed by atoms with Crippen molar-refractivity contribution in [1.82, 2.24) is 4.90 Å². The summed E-state index contributed by atoms with van der Waals surface area (Å²) in [6.07, 6.45) is 1.23. The molecule has 0 aliphatic rings. The van der Waals surface area contributed by atoms with Crippen LogP contribution in [-0.4, -0.2) is 38.9 Å². The molecule has 0 bridgehead atoms. The molecule has 0 radical (unpaired) electrons. The molecule has 1 aromatic rings. The van der Waals surface area contributed by atoms with Gasteiger partial charge in [0.25, 0.3) is 0 Å². The first-order chi connectivity index (χ1) is 7.78. The molecule has 0 aliphatic heterocycles. The average Bonchev–Trinajstić information content (AvgIpc) is 2.20. The molecule has 96 valence electrons. The molecule has 17 heavy (non-hydrogen) atoms. The lowest BCUT2D eigenvalue weighted by atomic mass is 10.2. The summed E-state index contributed by atoms with van der Waals surface area (Å²) in [5.74, 6) is 0.141. The summed E-state index contributed by atoms with van der Waals surface area (Å²) in [7, 11) is -1.08. The Morgan fingerprint density at radius 1 is 1.29 bits per heavy atom. The molecular weight excluding hydrogens is 281 g/mol. The number of hydrogen-bond acceptors (Lipinski definition) is 3. The fraction of sp³-hybridized carbons (Fsp3) is 0.455. The van der Waals surface area contributed by atoms with Crippen molar-refractivity contribution in [2.75, 3.05) is 25.6 Å². The molecule has 0 aliphatic carbocycles. The zero-order chi connectivity index (χ0) is 13.1. The van der Waals surface area contributed by atoms with E-state index < -0.39 is 9.84 Å². The molecule has 0 fully saturated rings. The van der Waals surface area contributed by atoms with E-state index in [4.69, 9.17) is 23.2 Å². The Labute approximate surface area is 112 Å². The van der Waals surface area contributed by atoms with Crippen molar-refractivity contribution in [3.05, 3.63) is 33.8 Å². The van der Waals surface area contributed by atoms with Gasteiger partial charge in [0.2, 0.25) is 0 Å². The van der Waals surface area contributed by atoms with Crippen LogP contribution in [0.1, 0.15) is 5.56 Å². The van der Waals surface area contributed by atoms with Gasteiger partial charge in [-0.05, 0) is 30.8 Å². The average molecular weight is 296 g/mol. The smallest absolute Gasteiger partial charge is 0.148 e. The summed E-state index contributed by atoms with van der Waals surface area (Å²) in [5.41, 5.74) is 0.898. The molecule has 6 heteroatoms. The third kappa shape index (κ3) is 5.73. The molecule has 1 aromatic carbocycles. The first-order valence-electron chi connectivity index (χ1n) is 5.08. The highest BCUT2D eigenvalue weighted by Crippen LogP contribution is 2.21. The summed E-state index contributed by atoms with van der Waals surface area (Å²) in [6.45, 7) is 1.05. The van der Waals surface area contributed by atoms with Crippen LogP contribution in [0.15, 0.2) is 18.2 Å². The van der Waals surface area contributed by atoms with Crippen LogP contribution in [0.5, 0.6) is 0 Å². The number of halogens is 2. The minimum Gasteiger partial charge on any atom is -0.301 e. The molecule has 0 amide bonds. The molecule has 0 unspecified atom stereocenters. The van der Waals surface area contributed by atoms with Crippen LogP contribution in [0.4, 0.5) is 0 Å². The van der Waals surface area contributed by atoms with Gasteiger partial charge in [-0.1, -0.05) is 23.2 Å². The van der Waals surface area contributed by atoms with E-state index in [2.05, 4.69) is 0 Å². The largest absolute Gasteiger partial charge is 0.301 e. The van der Waals surface area contributed by atoms with Gasteiger partial charge in [0.1, 0.15) is 9.84 Å². The minimum atomic E-state index is -2.93. The molecule has 0 aromatic heterocycles. The van der Waals surface area contributed by atoms with E-state index >= 15 is 0 Å².